The highest BCUT2D eigenvalue weighted by Crippen LogP contribution is 2.27. The molecule has 0 spiro atoms. The Kier molecular flexibility index (Phi) is 3.14. The molecular formula is C11H17N3OS. The quantitative estimate of drug-likeness (QED) is 0.815. The number of aromatic nitrogens is 2. The maximum atomic E-state index is 5.95. The van der Waals surface area contributed by atoms with E-state index in [2.05, 4.69) is 5.10 Å². The lowest BCUT2D eigenvalue weighted by Crippen LogP contribution is -2.17. The van der Waals surface area contributed by atoms with Crippen molar-refractivity contribution in [2.75, 3.05) is 0 Å². The fourth-order valence-corrected chi connectivity index (χ4v) is 2.45. The SMILES string of the molecule is Cc1nn(C)c(OC2CCCC2)c1C(N)=S. The molecule has 2 N–H and O–H groups in total. The van der Waals surface area contributed by atoms with Gasteiger partial charge in [0.05, 0.1) is 11.3 Å². The summed E-state index contributed by atoms with van der Waals surface area (Å²) in [5.74, 6) is 0.719. The summed E-state index contributed by atoms with van der Waals surface area (Å²) in [6.45, 7) is 1.90. The molecule has 4 nitrogen and oxygen atoms in total. The first-order valence-electron chi connectivity index (χ1n) is 5.59. The van der Waals surface area contributed by atoms with Crippen LogP contribution in [0.5, 0.6) is 5.88 Å². The third-order valence-electron chi connectivity index (χ3n) is 3.00. The van der Waals surface area contributed by atoms with Gasteiger partial charge in [0.2, 0.25) is 5.88 Å². The zero-order chi connectivity index (χ0) is 11.7. The van der Waals surface area contributed by atoms with Crippen LogP contribution in [-0.4, -0.2) is 20.9 Å². The Bertz CT molecular complexity index is 408. The number of hydrogen-bond donors (Lipinski definition) is 1. The number of rotatable bonds is 3. The molecule has 0 atom stereocenters. The molecule has 0 radical (unpaired) electrons. The summed E-state index contributed by atoms with van der Waals surface area (Å²) < 4.78 is 7.68. The second-order valence-electron chi connectivity index (χ2n) is 4.28. The molecule has 88 valence electrons. The van der Waals surface area contributed by atoms with Gasteiger partial charge in [0.15, 0.2) is 0 Å². The van der Waals surface area contributed by atoms with Crippen LogP contribution in [0.15, 0.2) is 0 Å². The van der Waals surface area contributed by atoms with Crippen LogP contribution in [0.3, 0.4) is 0 Å². The largest absolute Gasteiger partial charge is 0.474 e. The molecule has 5 heteroatoms. The third-order valence-corrected chi connectivity index (χ3v) is 3.20. The van der Waals surface area contributed by atoms with E-state index < -0.39 is 0 Å². The fraction of sp³-hybridized carbons (Fsp3) is 0.636. The van der Waals surface area contributed by atoms with Gasteiger partial charge in [-0.1, -0.05) is 12.2 Å². The number of hydrogen-bond acceptors (Lipinski definition) is 3. The van der Waals surface area contributed by atoms with Crippen LogP contribution in [-0.2, 0) is 7.05 Å². The Morgan fingerprint density at radius 1 is 1.50 bits per heavy atom. The summed E-state index contributed by atoms with van der Waals surface area (Å²) in [4.78, 5) is 0.360. The Morgan fingerprint density at radius 3 is 2.69 bits per heavy atom. The van der Waals surface area contributed by atoms with Gasteiger partial charge >= 0.3 is 0 Å². The van der Waals surface area contributed by atoms with E-state index in [4.69, 9.17) is 22.7 Å². The van der Waals surface area contributed by atoms with Gasteiger partial charge in [-0.05, 0) is 32.6 Å². The van der Waals surface area contributed by atoms with Gasteiger partial charge in [0.25, 0.3) is 0 Å². The minimum atomic E-state index is 0.294. The van der Waals surface area contributed by atoms with Crippen molar-refractivity contribution in [2.24, 2.45) is 12.8 Å². The van der Waals surface area contributed by atoms with E-state index in [9.17, 15) is 0 Å². The highest BCUT2D eigenvalue weighted by atomic mass is 32.1. The molecule has 16 heavy (non-hydrogen) atoms. The van der Waals surface area contributed by atoms with E-state index in [1.54, 1.807) is 4.68 Å². The van der Waals surface area contributed by atoms with E-state index in [0.717, 1.165) is 30.0 Å². The van der Waals surface area contributed by atoms with Crippen LogP contribution in [0.2, 0.25) is 0 Å². The van der Waals surface area contributed by atoms with E-state index in [1.807, 2.05) is 14.0 Å². The van der Waals surface area contributed by atoms with E-state index >= 15 is 0 Å². The smallest absolute Gasteiger partial charge is 0.222 e. The molecule has 0 saturated heterocycles. The van der Waals surface area contributed by atoms with Crippen molar-refractivity contribution in [1.29, 1.82) is 0 Å². The van der Waals surface area contributed by atoms with Crippen LogP contribution in [0.4, 0.5) is 0 Å². The number of aryl methyl sites for hydroxylation is 2. The van der Waals surface area contributed by atoms with Gasteiger partial charge in [-0.25, -0.2) is 4.68 Å². The second-order valence-corrected chi connectivity index (χ2v) is 4.72. The lowest BCUT2D eigenvalue weighted by molar-refractivity contribution is 0.192. The Hall–Kier alpha value is -1.10. The standard InChI is InChI=1S/C11H17N3OS/c1-7-9(10(12)16)11(14(2)13-7)15-8-5-3-4-6-8/h8H,3-6H2,1-2H3,(H2,12,16). The Morgan fingerprint density at radius 2 is 2.12 bits per heavy atom. The van der Waals surface area contributed by atoms with Crippen LogP contribution >= 0.6 is 12.2 Å². The van der Waals surface area contributed by atoms with Crippen molar-refractivity contribution in [3.05, 3.63) is 11.3 Å². The second kappa shape index (κ2) is 4.41. The number of nitrogens with zero attached hydrogens (tertiary/aromatic N) is 2. The predicted octanol–water partition coefficient (Wildman–Crippen LogP) is 1.68. The zero-order valence-electron chi connectivity index (χ0n) is 9.69. The van der Waals surface area contributed by atoms with Gasteiger partial charge in [-0.2, -0.15) is 5.10 Å². The molecule has 1 fully saturated rings. The molecule has 0 amide bonds. The van der Waals surface area contributed by atoms with Crippen molar-refractivity contribution < 1.29 is 4.74 Å². The molecule has 1 heterocycles. The van der Waals surface area contributed by atoms with Crippen molar-refractivity contribution in [1.82, 2.24) is 9.78 Å². The van der Waals surface area contributed by atoms with E-state index in [1.165, 1.54) is 12.8 Å². The summed E-state index contributed by atoms with van der Waals surface area (Å²) in [7, 11) is 1.86. The molecule has 1 aromatic heterocycles. The van der Waals surface area contributed by atoms with Crippen molar-refractivity contribution >= 4 is 17.2 Å². The topological polar surface area (TPSA) is 53.1 Å². The first kappa shape index (κ1) is 11.4. The van der Waals surface area contributed by atoms with E-state index in [-0.39, 0.29) is 0 Å². The number of thiocarbonyl (C=S) groups is 1. The average molecular weight is 239 g/mol. The summed E-state index contributed by atoms with van der Waals surface area (Å²) in [6.07, 6.45) is 5.00. The van der Waals surface area contributed by atoms with Gasteiger partial charge < -0.3 is 10.5 Å². The third kappa shape index (κ3) is 2.04. The van der Waals surface area contributed by atoms with E-state index in [0.29, 0.717) is 11.1 Å². The van der Waals surface area contributed by atoms with Crippen LogP contribution in [0, 0.1) is 6.92 Å². The van der Waals surface area contributed by atoms with Crippen LogP contribution < -0.4 is 10.5 Å². The minimum absolute atomic E-state index is 0.294. The minimum Gasteiger partial charge on any atom is -0.474 e. The first-order chi connectivity index (χ1) is 7.59. The molecule has 1 aliphatic rings. The zero-order valence-corrected chi connectivity index (χ0v) is 10.5. The normalized spacial score (nSPS) is 16.6. The molecule has 1 aliphatic carbocycles. The highest BCUT2D eigenvalue weighted by Gasteiger charge is 2.23. The van der Waals surface area contributed by atoms with Gasteiger partial charge in [0, 0.05) is 7.05 Å². The summed E-state index contributed by atoms with van der Waals surface area (Å²) in [5.41, 5.74) is 7.32. The Labute approximate surface area is 101 Å². The molecule has 0 aromatic carbocycles. The molecule has 1 aromatic rings. The van der Waals surface area contributed by atoms with Gasteiger partial charge in [0.1, 0.15) is 11.1 Å². The van der Waals surface area contributed by atoms with Crippen molar-refractivity contribution in [2.45, 2.75) is 38.7 Å². The molecule has 0 aliphatic heterocycles. The molecule has 1 saturated carbocycles. The average Bonchev–Trinajstić information content (AvgIpc) is 2.76. The molecule has 2 rings (SSSR count). The Balaban J connectivity index is 2.27. The van der Waals surface area contributed by atoms with Crippen LogP contribution in [0.25, 0.3) is 0 Å². The number of ether oxygens (including phenoxy) is 1. The number of nitrogens with two attached hydrogens (primary N) is 1. The maximum absolute atomic E-state index is 5.95. The lowest BCUT2D eigenvalue weighted by atomic mass is 10.2. The van der Waals surface area contributed by atoms with Crippen molar-refractivity contribution in [3.63, 3.8) is 0 Å². The summed E-state index contributed by atoms with van der Waals surface area (Å²) >= 11 is 5.04. The fourth-order valence-electron chi connectivity index (χ4n) is 2.22. The predicted molar refractivity (Wildman–Crippen MR) is 66.7 cm³/mol. The van der Waals surface area contributed by atoms with Crippen LogP contribution in [0.1, 0.15) is 36.9 Å². The molecule has 0 bridgehead atoms. The summed E-state index contributed by atoms with van der Waals surface area (Å²) in [6, 6.07) is 0. The first-order valence-corrected chi connectivity index (χ1v) is 6.00. The van der Waals surface area contributed by atoms with Gasteiger partial charge in [-0.15, -0.1) is 0 Å². The summed E-state index contributed by atoms with van der Waals surface area (Å²) in [5, 5.41) is 4.30. The lowest BCUT2D eigenvalue weighted by Gasteiger charge is -2.14. The molecular weight excluding hydrogens is 222 g/mol. The van der Waals surface area contributed by atoms with Crippen molar-refractivity contribution in [3.8, 4) is 5.88 Å². The van der Waals surface area contributed by atoms with Gasteiger partial charge in [-0.3, -0.25) is 0 Å². The highest BCUT2D eigenvalue weighted by molar-refractivity contribution is 7.80. The monoisotopic (exact) mass is 239 g/mol. The molecule has 0 unspecified atom stereocenters. The maximum Gasteiger partial charge on any atom is 0.222 e.